The van der Waals surface area contributed by atoms with Crippen LogP contribution in [0.5, 0.6) is 11.8 Å². The van der Waals surface area contributed by atoms with Crippen molar-refractivity contribution in [3.05, 3.63) is 60.0 Å². The summed E-state index contributed by atoms with van der Waals surface area (Å²) in [6.07, 6.45) is 5.01. The number of aromatic amines is 1. The van der Waals surface area contributed by atoms with Crippen LogP contribution >= 0.6 is 0 Å². The summed E-state index contributed by atoms with van der Waals surface area (Å²) in [5.41, 5.74) is 7.76. The minimum Gasteiger partial charge on any atom is -0.424 e. The molecule has 0 radical (unpaired) electrons. The number of rotatable bonds is 5. The summed E-state index contributed by atoms with van der Waals surface area (Å²) < 4.78 is 5.61. The molecule has 0 saturated heterocycles. The molecular weight excluding hydrogens is 266 g/mol. The van der Waals surface area contributed by atoms with E-state index in [9.17, 15) is 0 Å². The first-order valence-electron chi connectivity index (χ1n) is 6.63. The van der Waals surface area contributed by atoms with E-state index in [0.717, 1.165) is 29.8 Å². The molecule has 0 amide bonds. The molecule has 6 heteroatoms. The van der Waals surface area contributed by atoms with Crippen LogP contribution in [-0.4, -0.2) is 20.2 Å². The molecule has 0 atom stereocenters. The smallest absolute Gasteiger partial charge is 0.321 e. The van der Waals surface area contributed by atoms with E-state index in [4.69, 9.17) is 10.5 Å². The molecule has 1 aromatic carbocycles. The molecule has 0 aliphatic heterocycles. The van der Waals surface area contributed by atoms with E-state index in [1.807, 2.05) is 24.3 Å². The Morgan fingerprint density at radius 2 is 1.90 bits per heavy atom. The Kier molecular flexibility index (Phi) is 3.77. The van der Waals surface area contributed by atoms with Crippen molar-refractivity contribution in [2.45, 2.75) is 12.8 Å². The van der Waals surface area contributed by atoms with Gasteiger partial charge in [-0.05, 0) is 36.6 Å². The van der Waals surface area contributed by atoms with Gasteiger partial charge in [-0.1, -0.05) is 12.1 Å². The maximum absolute atomic E-state index is 5.61. The van der Waals surface area contributed by atoms with Crippen LogP contribution in [0.15, 0.2) is 48.8 Å². The quantitative estimate of drug-likeness (QED) is 0.749. The molecule has 0 bridgehead atoms. The number of nitrogens with two attached hydrogens (primary N) is 1. The van der Waals surface area contributed by atoms with Crippen molar-refractivity contribution in [3.63, 3.8) is 0 Å². The van der Waals surface area contributed by atoms with Crippen LogP contribution < -0.4 is 10.5 Å². The Labute approximate surface area is 122 Å². The molecular formula is C15H15N5O. The minimum atomic E-state index is 0.344. The molecule has 0 unspecified atom stereocenters. The van der Waals surface area contributed by atoms with Gasteiger partial charge in [-0.2, -0.15) is 5.10 Å². The third kappa shape index (κ3) is 3.56. The van der Waals surface area contributed by atoms with Gasteiger partial charge in [-0.15, -0.1) is 0 Å². The SMILES string of the molecule is Nc1cc(CCc2cccc(Oc3ncccn3)c2)[nH]n1. The standard InChI is InChI=1S/C15H15N5O/c16-14-10-12(19-20-14)6-5-11-3-1-4-13(9-11)21-15-17-7-2-8-18-15/h1-4,7-10H,5-6H2,(H3,16,19,20). The van der Waals surface area contributed by atoms with Gasteiger partial charge in [0.25, 0.3) is 0 Å². The van der Waals surface area contributed by atoms with Crippen molar-refractivity contribution in [2.24, 2.45) is 0 Å². The zero-order valence-electron chi connectivity index (χ0n) is 11.4. The number of hydrogen-bond donors (Lipinski definition) is 2. The fourth-order valence-electron chi connectivity index (χ4n) is 1.99. The predicted molar refractivity (Wildman–Crippen MR) is 79.0 cm³/mol. The molecule has 106 valence electrons. The first kappa shape index (κ1) is 13.1. The van der Waals surface area contributed by atoms with Gasteiger partial charge in [-0.3, -0.25) is 5.10 Å². The fourth-order valence-corrected chi connectivity index (χ4v) is 1.99. The van der Waals surface area contributed by atoms with Crippen LogP contribution in [0.2, 0.25) is 0 Å². The van der Waals surface area contributed by atoms with Gasteiger partial charge in [0, 0.05) is 24.2 Å². The second-order valence-corrected chi connectivity index (χ2v) is 4.60. The van der Waals surface area contributed by atoms with Crippen molar-refractivity contribution in [2.75, 3.05) is 5.73 Å². The average Bonchev–Trinajstić information content (AvgIpc) is 2.92. The zero-order chi connectivity index (χ0) is 14.5. The Hall–Kier alpha value is -2.89. The highest BCUT2D eigenvalue weighted by atomic mass is 16.5. The summed E-state index contributed by atoms with van der Waals surface area (Å²) in [4.78, 5) is 8.08. The van der Waals surface area contributed by atoms with E-state index in [1.54, 1.807) is 18.5 Å². The molecule has 3 N–H and O–H groups in total. The van der Waals surface area contributed by atoms with Crippen molar-refractivity contribution in [1.29, 1.82) is 0 Å². The summed E-state index contributed by atoms with van der Waals surface area (Å²) in [6.45, 7) is 0. The fraction of sp³-hybridized carbons (Fsp3) is 0.133. The van der Waals surface area contributed by atoms with Gasteiger partial charge >= 0.3 is 6.01 Å². The molecule has 3 aromatic rings. The number of aryl methyl sites for hydroxylation is 2. The topological polar surface area (TPSA) is 89.7 Å². The van der Waals surface area contributed by atoms with Crippen molar-refractivity contribution >= 4 is 5.82 Å². The highest BCUT2D eigenvalue weighted by Gasteiger charge is 2.03. The molecule has 0 aliphatic rings. The van der Waals surface area contributed by atoms with Gasteiger partial charge in [0.15, 0.2) is 0 Å². The number of hydrogen-bond acceptors (Lipinski definition) is 5. The van der Waals surface area contributed by atoms with Gasteiger partial charge < -0.3 is 10.5 Å². The lowest BCUT2D eigenvalue weighted by Crippen LogP contribution is -1.94. The number of benzene rings is 1. The van der Waals surface area contributed by atoms with Crippen LogP contribution in [-0.2, 0) is 12.8 Å². The second-order valence-electron chi connectivity index (χ2n) is 4.60. The largest absolute Gasteiger partial charge is 0.424 e. The zero-order valence-corrected chi connectivity index (χ0v) is 11.4. The normalized spacial score (nSPS) is 10.5. The molecule has 6 nitrogen and oxygen atoms in total. The van der Waals surface area contributed by atoms with E-state index in [1.165, 1.54) is 0 Å². The average molecular weight is 281 g/mol. The van der Waals surface area contributed by atoms with Crippen LogP contribution in [0.1, 0.15) is 11.3 Å². The van der Waals surface area contributed by atoms with E-state index >= 15 is 0 Å². The Morgan fingerprint density at radius 1 is 1.05 bits per heavy atom. The number of ether oxygens (including phenoxy) is 1. The summed E-state index contributed by atoms with van der Waals surface area (Å²) in [6, 6.07) is 11.8. The number of nitrogen functional groups attached to an aromatic ring is 1. The minimum absolute atomic E-state index is 0.344. The van der Waals surface area contributed by atoms with Crippen molar-refractivity contribution in [3.8, 4) is 11.8 Å². The van der Waals surface area contributed by atoms with E-state index in [-0.39, 0.29) is 0 Å². The van der Waals surface area contributed by atoms with Crippen LogP contribution in [0.4, 0.5) is 5.82 Å². The highest BCUT2D eigenvalue weighted by Crippen LogP contribution is 2.19. The van der Waals surface area contributed by atoms with Crippen LogP contribution in [0.25, 0.3) is 0 Å². The Balaban J connectivity index is 1.65. The molecule has 0 aliphatic carbocycles. The number of H-pyrrole nitrogens is 1. The summed E-state index contributed by atoms with van der Waals surface area (Å²) in [5.74, 6) is 1.24. The molecule has 0 saturated carbocycles. The molecule has 21 heavy (non-hydrogen) atoms. The third-order valence-electron chi connectivity index (χ3n) is 2.98. The second kappa shape index (κ2) is 6.04. The molecule has 0 fully saturated rings. The lowest BCUT2D eigenvalue weighted by molar-refractivity contribution is 0.441. The summed E-state index contributed by atoms with van der Waals surface area (Å²) >= 11 is 0. The Bertz CT molecular complexity index is 711. The number of nitrogens with zero attached hydrogens (tertiary/aromatic N) is 3. The van der Waals surface area contributed by atoms with E-state index < -0.39 is 0 Å². The van der Waals surface area contributed by atoms with Crippen molar-refractivity contribution < 1.29 is 4.74 Å². The first-order chi connectivity index (χ1) is 10.3. The van der Waals surface area contributed by atoms with Gasteiger partial charge in [-0.25, -0.2) is 9.97 Å². The maximum atomic E-state index is 5.61. The molecule has 2 aromatic heterocycles. The highest BCUT2D eigenvalue weighted by molar-refractivity contribution is 5.32. The van der Waals surface area contributed by atoms with Crippen LogP contribution in [0.3, 0.4) is 0 Å². The summed E-state index contributed by atoms with van der Waals surface area (Å²) in [7, 11) is 0. The van der Waals surface area contributed by atoms with Crippen LogP contribution in [0, 0.1) is 0 Å². The maximum Gasteiger partial charge on any atom is 0.321 e. The Morgan fingerprint density at radius 3 is 2.67 bits per heavy atom. The number of anilines is 1. The molecule has 0 spiro atoms. The lowest BCUT2D eigenvalue weighted by Gasteiger charge is -2.05. The number of nitrogens with one attached hydrogen (secondary N) is 1. The number of aromatic nitrogens is 4. The van der Waals surface area contributed by atoms with Gasteiger partial charge in [0.1, 0.15) is 11.6 Å². The third-order valence-corrected chi connectivity index (χ3v) is 2.98. The first-order valence-corrected chi connectivity index (χ1v) is 6.63. The van der Waals surface area contributed by atoms with E-state index in [0.29, 0.717) is 11.8 Å². The summed E-state index contributed by atoms with van der Waals surface area (Å²) in [5, 5.41) is 6.82. The van der Waals surface area contributed by atoms with Crippen molar-refractivity contribution in [1.82, 2.24) is 20.2 Å². The monoisotopic (exact) mass is 281 g/mol. The van der Waals surface area contributed by atoms with Gasteiger partial charge in [0.2, 0.25) is 0 Å². The molecule has 2 heterocycles. The molecule has 3 rings (SSSR count). The predicted octanol–water partition coefficient (Wildman–Crippen LogP) is 2.36. The van der Waals surface area contributed by atoms with Gasteiger partial charge in [0.05, 0.1) is 0 Å². The van der Waals surface area contributed by atoms with E-state index in [2.05, 4.69) is 26.2 Å². The lowest BCUT2D eigenvalue weighted by atomic mass is 10.1.